The van der Waals surface area contributed by atoms with Gasteiger partial charge in [-0.3, -0.25) is 10.1 Å². The summed E-state index contributed by atoms with van der Waals surface area (Å²) in [5, 5.41) is 20.0. The molecule has 0 aromatic heterocycles. The lowest BCUT2D eigenvalue weighted by Gasteiger charge is -2.06. The first-order valence-corrected chi connectivity index (χ1v) is 6.53. The molecule has 2 rings (SSSR count). The molecule has 0 N–H and O–H groups in total. The second-order valence-corrected chi connectivity index (χ2v) is 4.40. The third-order valence-electron chi connectivity index (χ3n) is 3.03. The number of ether oxygens (including phenoxy) is 1. The molecule has 0 unspecified atom stereocenters. The van der Waals surface area contributed by atoms with Gasteiger partial charge in [-0.15, -0.1) is 0 Å². The number of hydrogen-bond donors (Lipinski definition) is 0. The summed E-state index contributed by atoms with van der Waals surface area (Å²) >= 11 is 0. The minimum atomic E-state index is -0.600. The average Bonchev–Trinajstić information content (AvgIpc) is 2.54. The molecule has 0 aliphatic carbocycles. The van der Waals surface area contributed by atoms with Crippen molar-refractivity contribution in [2.45, 2.75) is 6.92 Å². The Kier molecular flexibility index (Phi) is 4.49. The number of carbonyl (C=O) groups is 1. The number of nitrogens with zero attached hydrogens (tertiary/aromatic N) is 2. The van der Waals surface area contributed by atoms with Crippen LogP contribution in [0.25, 0.3) is 11.1 Å². The molecule has 0 saturated heterocycles. The molecule has 0 aliphatic rings. The highest BCUT2D eigenvalue weighted by Crippen LogP contribution is 2.31. The van der Waals surface area contributed by atoms with Gasteiger partial charge >= 0.3 is 5.97 Å². The van der Waals surface area contributed by atoms with Gasteiger partial charge in [0.2, 0.25) is 0 Å². The van der Waals surface area contributed by atoms with Gasteiger partial charge in [0.15, 0.2) is 0 Å². The van der Waals surface area contributed by atoms with Crippen LogP contribution >= 0.6 is 0 Å². The summed E-state index contributed by atoms with van der Waals surface area (Å²) in [7, 11) is 0. The zero-order chi connectivity index (χ0) is 16.1. The molecular formula is C16H12N2O4. The summed E-state index contributed by atoms with van der Waals surface area (Å²) in [5.74, 6) is -0.600. The van der Waals surface area contributed by atoms with Gasteiger partial charge in [-0.25, -0.2) is 4.79 Å². The van der Waals surface area contributed by atoms with E-state index in [1.165, 1.54) is 18.2 Å². The monoisotopic (exact) mass is 296 g/mol. The standard InChI is InChI=1S/C16H12N2O4/c1-2-22-16(19)13-7-8-14(15(9-13)18(20)21)12-5-3-11(10-17)4-6-12/h3-9H,2H2,1H3. The van der Waals surface area contributed by atoms with E-state index in [1.807, 2.05) is 6.07 Å². The Labute approximate surface area is 126 Å². The van der Waals surface area contributed by atoms with Gasteiger partial charge in [-0.2, -0.15) is 5.26 Å². The fourth-order valence-electron chi connectivity index (χ4n) is 1.99. The molecule has 0 radical (unpaired) electrons. The Morgan fingerprint density at radius 2 is 1.95 bits per heavy atom. The number of hydrogen-bond acceptors (Lipinski definition) is 5. The normalized spacial score (nSPS) is 9.82. The highest BCUT2D eigenvalue weighted by Gasteiger charge is 2.19. The Hall–Kier alpha value is -3.20. The van der Waals surface area contributed by atoms with E-state index in [0.29, 0.717) is 16.7 Å². The molecule has 6 nitrogen and oxygen atoms in total. The van der Waals surface area contributed by atoms with Crippen LogP contribution in [0.15, 0.2) is 42.5 Å². The van der Waals surface area contributed by atoms with Gasteiger partial charge in [0, 0.05) is 6.07 Å². The van der Waals surface area contributed by atoms with Gasteiger partial charge < -0.3 is 4.74 Å². The summed E-state index contributed by atoms with van der Waals surface area (Å²) in [6, 6.07) is 12.6. The maximum Gasteiger partial charge on any atom is 0.338 e. The van der Waals surface area contributed by atoms with Crippen molar-refractivity contribution in [2.75, 3.05) is 6.61 Å². The van der Waals surface area contributed by atoms with Crippen LogP contribution in [0.5, 0.6) is 0 Å². The molecule has 6 heteroatoms. The van der Waals surface area contributed by atoms with Crippen LogP contribution in [0.2, 0.25) is 0 Å². The summed E-state index contributed by atoms with van der Waals surface area (Å²) in [6.45, 7) is 1.86. The topological polar surface area (TPSA) is 93.2 Å². The number of nitriles is 1. The Bertz CT molecular complexity index is 761. The molecule has 22 heavy (non-hydrogen) atoms. The van der Waals surface area contributed by atoms with Crippen molar-refractivity contribution in [1.82, 2.24) is 0 Å². The van der Waals surface area contributed by atoms with Gasteiger partial charge in [-0.1, -0.05) is 12.1 Å². The zero-order valence-electron chi connectivity index (χ0n) is 11.8. The molecule has 0 heterocycles. The summed E-state index contributed by atoms with van der Waals surface area (Å²) in [6.07, 6.45) is 0. The molecule has 0 bridgehead atoms. The summed E-state index contributed by atoms with van der Waals surface area (Å²) in [5.41, 5.74) is 1.39. The van der Waals surface area contributed by atoms with Crippen LogP contribution in [-0.2, 0) is 4.74 Å². The van der Waals surface area contributed by atoms with Gasteiger partial charge in [0.1, 0.15) is 0 Å². The molecule has 2 aromatic rings. The quantitative estimate of drug-likeness (QED) is 0.490. The van der Waals surface area contributed by atoms with Crippen molar-refractivity contribution in [2.24, 2.45) is 0 Å². The van der Waals surface area contributed by atoms with Crippen molar-refractivity contribution < 1.29 is 14.5 Å². The van der Waals surface area contributed by atoms with Crippen LogP contribution in [-0.4, -0.2) is 17.5 Å². The van der Waals surface area contributed by atoms with Gasteiger partial charge in [0.25, 0.3) is 5.69 Å². The lowest BCUT2D eigenvalue weighted by Crippen LogP contribution is -2.05. The molecule has 0 aliphatic heterocycles. The molecule has 0 amide bonds. The van der Waals surface area contributed by atoms with E-state index in [1.54, 1.807) is 31.2 Å². The van der Waals surface area contributed by atoms with E-state index in [0.717, 1.165) is 0 Å². The van der Waals surface area contributed by atoms with E-state index in [-0.39, 0.29) is 17.9 Å². The lowest BCUT2D eigenvalue weighted by atomic mass is 10.0. The minimum Gasteiger partial charge on any atom is -0.462 e. The molecular weight excluding hydrogens is 284 g/mol. The molecule has 0 saturated carbocycles. The molecule has 0 atom stereocenters. The third kappa shape index (κ3) is 3.10. The van der Waals surface area contributed by atoms with Crippen molar-refractivity contribution >= 4 is 11.7 Å². The van der Waals surface area contributed by atoms with E-state index >= 15 is 0 Å². The number of benzene rings is 2. The van der Waals surface area contributed by atoms with Crippen molar-refractivity contribution in [3.63, 3.8) is 0 Å². The Balaban J connectivity index is 2.49. The van der Waals surface area contributed by atoms with E-state index in [2.05, 4.69) is 0 Å². The number of nitro benzene ring substituents is 1. The molecule has 0 spiro atoms. The molecule has 0 fully saturated rings. The van der Waals surface area contributed by atoms with Crippen LogP contribution in [0.1, 0.15) is 22.8 Å². The lowest BCUT2D eigenvalue weighted by molar-refractivity contribution is -0.384. The van der Waals surface area contributed by atoms with Crippen molar-refractivity contribution in [3.05, 3.63) is 63.7 Å². The zero-order valence-corrected chi connectivity index (χ0v) is 11.8. The second kappa shape index (κ2) is 6.50. The fourth-order valence-corrected chi connectivity index (χ4v) is 1.99. The maximum atomic E-state index is 11.7. The first kappa shape index (κ1) is 15.2. The van der Waals surface area contributed by atoms with Crippen LogP contribution < -0.4 is 0 Å². The second-order valence-electron chi connectivity index (χ2n) is 4.40. The predicted octanol–water partition coefficient (Wildman–Crippen LogP) is 3.31. The Morgan fingerprint density at radius 3 is 2.50 bits per heavy atom. The average molecular weight is 296 g/mol. The highest BCUT2D eigenvalue weighted by atomic mass is 16.6. The van der Waals surface area contributed by atoms with Crippen molar-refractivity contribution in [3.8, 4) is 17.2 Å². The first-order valence-electron chi connectivity index (χ1n) is 6.53. The van der Waals surface area contributed by atoms with E-state index in [9.17, 15) is 14.9 Å². The van der Waals surface area contributed by atoms with Gasteiger partial charge in [-0.05, 0) is 36.8 Å². The van der Waals surface area contributed by atoms with Crippen LogP contribution in [0.4, 0.5) is 5.69 Å². The van der Waals surface area contributed by atoms with Crippen LogP contribution in [0, 0.1) is 21.4 Å². The van der Waals surface area contributed by atoms with Crippen LogP contribution in [0.3, 0.4) is 0 Å². The van der Waals surface area contributed by atoms with Crippen molar-refractivity contribution in [1.29, 1.82) is 5.26 Å². The number of carbonyl (C=O) groups excluding carboxylic acids is 1. The first-order chi connectivity index (χ1) is 10.6. The fraction of sp³-hybridized carbons (Fsp3) is 0.125. The number of nitro groups is 1. The van der Waals surface area contributed by atoms with E-state index < -0.39 is 10.9 Å². The summed E-state index contributed by atoms with van der Waals surface area (Å²) in [4.78, 5) is 22.4. The minimum absolute atomic E-state index is 0.131. The third-order valence-corrected chi connectivity index (χ3v) is 3.03. The van der Waals surface area contributed by atoms with Gasteiger partial charge in [0.05, 0.1) is 34.3 Å². The molecule has 2 aromatic carbocycles. The summed E-state index contributed by atoms with van der Waals surface area (Å²) < 4.78 is 4.84. The predicted molar refractivity (Wildman–Crippen MR) is 79.2 cm³/mol. The smallest absolute Gasteiger partial charge is 0.338 e. The number of esters is 1. The molecule has 110 valence electrons. The number of rotatable bonds is 4. The SMILES string of the molecule is CCOC(=O)c1ccc(-c2ccc(C#N)cc2)c([N+](=O)[O-])c1. The highest BCUT2D eigenvalue weighted by molar-refractivity contribution is 5.92. The largest absolute Gasteiger partial charge is 0.462 e. The Morgan fingerprint density at radius 1 is 1.27 bits per heavy atom. The maximum absolute atomic E-state index is 11.7. The van der Waals surface area contributed by atoms with E-state index in [4.69, 9.17) is 10.00 Å².